The minimum atomic E-state index is -0.849. The summed E-state index contributed by atoms with van der Waals surface area (Å²) in [6, 6.07) is 1.70. The highest BCUT2D eigenvalue weighted by Crippen LogP contribution is 2.20. The lowest BCUT2D eigenvalue weighted by atomic mass is 10.1. The molecule has 0 spiro atoms. The van der Waals surface area contributed by atoms with Gasteiger partial charge in [0.2, 0.25) is 0 Å². The summed E-state index contributed by atoms with van der Waals surface area (Å²) in [4.78, 5) is 13.9. The van der Waals surface area contributed by atoms with Crippen LogP contribution in [0.3, 0.4) is 0 Å². The van der Waals surface area contributed by atoms with E-state index in [4.69, 9.17) is 5.73 Å². The third-order valence-electron chi connectivity index (χ3n) is 3.18. The summed E-state index contributed by atoms with van der Waals surface area (Å²) in [6.07, 6.45) is 2.86. The molecular weight excluding hydrogens is 262 g/mol. The molecule has 0 heterocycles. The third-order valence-corrected chi connectivity index (χ3v) is 3.18. The lowest BCUT2D eigenvalue weighted by molar-refractivity contribution is 0.0697. The Labute approximate surface area is 118 Å². The lowest BCUT2D eigenvalue weighted by Crippen LogP contribution is -2.38. The van der Waals surface area contributed by atoms with Gasteiger partial charge in [-0.15, -0.1) is 0 Å². The quantitative estimate of drug-likeness (QED) is 0.641. The number of amides is 1. The van der Waals surface area contributed by atoms with Crippen LogP contribution in [0.1, 0.15) is 50.4 Å². The maximum Gasteiger partial charge on any atom is 0.257 e. The Bertz CT molecular complexity index is 475. The SMILES string of the molecule is CCCCCN(C(=O)c1cc(F)cc(N)c1F)C(C)C. The summed E-state index contributed by atoms with van der Waals surface area (Å²) < 4.78 is 27.2. The van der Waals surface area contributed by atoms with Crippen molar-refractivity contribution in [2.45, 2.75) is 46.1 Å². The van der Waals surface area contributed by atoms with Gasteiger partial charge in [0, 0.05) is 12.6 Å². The van der Waals surface area contributed by atoms with Gasteiger partial charge in [-0.25, -0.2) is 8.78 Å². The third kappa shape index (κ3) is 3.92. The number of hydrogen-bond acceptors (Lipinski definition) is 2. The fourth-order valence-corrected chi connectivity index (χ4v) is 2.05. The largest absolute Gasteiger partial charge is 0.396 e. The number of rotatable bonds is 6. The number of carbonyl (C=O) groups is 1. The van der Waals surface area contributed by atoms with Crippen LogP contribution in [0.25, 0.3) is 0 Å². The number of nitrogens with two attached hydrogens (primary N) is 1. The number of benzene rings is 1. The van der Waals surface area contributed by atoms with Crippen LogP contribution in [-0.2, 0) is 0 Å². The number of halogens is 2. The molecular formula is C15H22F2N2O. The van der Waals surface area contributed by atoms with Crippen molar-refractivity contribution in [1.29, 1.82) is 0 Å². The van der Waals surface area contributed by atoms with Crippen molar-refractivity contribution in [3.05, 3.63) is 29.3 Å². The topological polar surface area (TPSA) is 46.3 Å². The fourth-order valence-electron chi connectivity index (χ4n) is 2.05. The van der Waals surface area contributed by atoms with Crippen molar-refractivity contribution >= 4 is 11.6 Å². The molecule has 0 fully saturated rings. The van der Waals surface area contributed by atoms with Gasteiger partial charge in [-0.2, -0.15) is 0 Å². The Morgan fingerprint density at radius 3 is 2.50 bits per heavy atom. The molecule has 20 heavy (non-hydrogen) atoms. The van der Waals surface area contributed by atoms with Crippen LogP contribution in [0.5, 0.6) is 0 Å². The molecule has 1 amide bonds. The van der Waals surface area contributed by atoms with Gasteiger partial charge in [-0.3, -0.25) is 4.79 Å². The van der Waals surface area contributed by atoms with Crippen LogP contribution in [0.4, 0.5) is 14.5 Å². The summed E-state index contributed by atoms with van der Waals surface area (Å²) in [7, 11) is 0. The van der Waals surface area contributed by atoms with Gasteiger partial charge in [-0.05, 0) is 32.4 Å². The van der Waals surface area contributed by atoms with Gasteiger partial charge in [0.05, 0.1) is 11.3 Å². The first kappa shape index (κ1) is 16.4. The predicted octanol–water partition coefficient (Wildman–Crippen LogP) is 3.59. The second-order valence-corrected chi connectivity index (χ2v) is 5.16. The van der Waals surface area contributed by atoms with Crippen molar-refractivity contribution in [3.63, 3.8) is 0 Å². The second-order valence-electron chi connectivity index (χ2n) is 5.16. The first-order valence-electron chi connectivity index (χ1n) is 6.94. The number of nitrogens with zero attached hydrogens (tertiary/aromatic N) is 1. The summed E-state index contributed by atoms with van der Waals surface area (Å²) in [6.45, 7) is 6.30. The van der Waals surface area contributed by atoms with E-state index in [0.717, 1.165) is 31.4 Å². The lowest BCUT2D eigenvalue weighted by Gasteiger charge is -2.27. The molecule has 0 saturated carbocycles. The van der Waals surface area contributed by atoms with Crippen molar-refractivity contribution in [1.82, 2.24) is 4.90 Å². The molecule has 1 aromatic carbocycles. The Morgan fingerprint density at radius 1 is 1.30 bits per heavy atom. The fraction of sp³-hybridized carbons (Fsp3) is 0.533. The van der Waals surface area contributed by atoms with E-state index >= 15 is 0 Å². The Morgan fingerprint density at radius 2 is 1.95 bits per heavy atom. The molecule has 0 saturated heterocycles. The van der Waals surface area contributed by atoms with Crippen LogP contribution in [-0.4, -0.2) is 23.4 Å². The van der Waals surface area contributed by atoms with Crippen molar-refractivity contribution in [2.24, 2.45) is 0 Å². The minimum absolute atomic E-state index is 0.0803. The van der Waals surface area contributed by atoms with Crippen LogP contribution in [0.15, 0.2) is 12.1 Å². The van der Waals surface area contributed by atoms with Crippen molar-refractivity contribution in [2.75, 3.05) is 12.3 Å². The Kier molecular flexibility index (Phi) is 5.92. The summed E-state index contributed by atoms with van der Waals surface area (Å²) in [5, 5.41) is 0. The molecule has 0 aromatic heterocycles. The second kappa shape index (κ2) is 7.22. The van der Waals surface area contributed by atoms with E-state index < -0.39 is 17.5 Å². The molecule has 0 radical (unpaired) electrons. The number of hydrogen-bond donors (Lipinski definition) is 1. The monoisotopic (exact) mass is 284 g/mol. The highest BCUT2D eigenvalue weighted by atomic mass is 19.1. The zero-order valence-electron chi connectivity index (χ0n) is 12.2. The molecule has 5 heteroatoms. The standard InChI is InChI=1S/C15H22F2N2O/c1-4-5-6-7-19(10(2)3)15(20)12-8-11(16)9-13(18)14(12)17/h8-10H,4-7,18H2,1-3H3. The summed E-state index contributed by atoms with van der Waals surface area (Å²) in [5.41, 5.74) is 4.73. The maximum absolute atomic E-state index is 13.9. The Balaban J connectivity index is 3.00. The molecule has 2 N–H and O–H groups in total. The number of unbranched alkanes of at least 4 members (excludes halogenated alkanes) is 2. The van der Waals surface area contributed by atoms with E-state index in [0.29, 0.717) is 6.54 Å². The van der Waals surface area contributed by atoms with Crippen molar-refractivity contribution < 1.29 is 13.6 Å². The van der Waals surface area contributed by atoms with E-state index in [1.165, 1.54) is 0 Å². The van der Waals surface area contributed by atoms with Gasteiger partial charge < -0.3 is 10.6 Å². The smallest absolute Gasteiger partial charge is 0.257 e. The van der Waals surface area contributed by atoms with Gasteiger partial charge >= 0.3 is 0 Å². The number of nitrogen functional groups attached to an aromatic ring is 1. The highest BCUT2D eigenvalue weighted by molar-refractivity contribution is 5.95. The molecule has 0 atom stereocenters. The predicted molar refractivity (Wildman–Crippen MR) is 76.5 cm³/mol. The van der Waals surface area contributed by atoms with E-state index in [1.54, 1.807) is 4.90 Å². The summed E-state index contributed by atoms with van der Waals surface area (Å²) in [5.74, 6) is -2.07. The average molecular weight is 284 g/mol. The van der Waals surface area contributed by atoms with Gasteiger partial charge in [0.15, 0.2) is 5.82 Å². The van der Waals surface area contributed by atoms with Crippen LogP contribution >= 0.6 is 0 Å². The molecule has 3 nitrogen and oxygen atoms in total. The van der Waals surface area contributed by atoms with Crippen LogP contribution < -0.4 is 5.73 Å². The zero-order chi connectivity index (χ0) is 15.3. The maximum atomic E-state index is 13.9. The van der Waals surface area contributed by atoms with E-state index in [9.17, 15) is 13.6 Å². The molecule has 0 aliphatic carbocycles. The van der Waals surface area contributed by atoms with E-state index in [1.807, 2.05) is 13.8 Å². The van der Waals surface area contributed by atoms with Gasteiger partial charge in [0.25, 0.3) is 5.91 Å². The van der Waals surface area contributed by atoms with Gasteiger partial charge in [-0.1, -0.05) is 19.8 Å². The Hall–Kier alpha value is -1.65. The number of carbonyl (C=O) groups excluding carboxylic acids is 1. The first-order chi connectivity index (χ1) is 9.38. The zero-order valence-corrected chi connectivity index (χ0v) is 12.2. The first-order valence-corrected chi connectivity index (χ1v) is 6.94. The van der Waals surface area contributed by atoms with E-state index in [2.05, 4.69) is 6.92 Å². The molecule has 1 aromatic rings. The van der Waals surface area contributed by atoms with Crippen LogP contribution in [0.2, 0.25) is 0 Å². The van der Waals surface area contributed by atoms with Gasteiger partial charge in [0.1, 0.15) is 5.82 Å². The molecule has 0 aliphatic heterocycles. The molecule has 112 valence electrons. The van der Waals surface area contributed by atoms with E-state index in [-0.39, 0.29) is 17.3 Å². The van der Waals surface area contributed by atoms with Crippen LogP contribution in [0, 0.1) is 11.6 Å². The molecule has 0 aliphatic rings. The average Bonchev–Trinajstić information content (AvgIpc) is 2.37. The number of anilines is 1. The highest BCUT2D eigenvalue weighted by Gasteiger charge is 2.23. The molecule has 0 unspecified atom stereocenters. The molecule has 1 rings (SSSR count). The summed E-state index contributed by atoms with van der Waals surface area (Å²) >= 11 is 0. The normalized spacial score (nSPS) is 10.9. The molecule has 0 bridgehead atoms. The minimum Gasteiger partial charge on any atom is -0.396 e. The van der Waals surface area contributed by atoms with Crippen molar-refractivity contribution in [3.8, 4) is 0 Å².